The topological polar surface area (TPSA) is 98.2 Å². The van der Waals surface area contributed by atoms with E-state index in [0.29, 0.717) is 23.1 Å². The highest BCUT2D eigenvalue weighted by Gasteiger charge is 2.17. The number of carbonyl (C=O) groups excluding carboxylic acids is 1. The molecule has 1 N–H and O–H groups in total. The van der Waals surface area contributed by atoms with Gasteiger partial charge in [0.2, 0.25) is 5.82 Å². The summed E-state index contributed by atoms with van der Waals surface area (Å²) in [5, 5.41) is 10.4. The summed E-state index contributed by atoms with van der Waals surface area (Å²) in [4.78, 5) is 24.0. The van der Waals surface area contributed by atoms with Crippen LogP contribution in [0.1, 0.15) is 23.0 Å². The van der Waals surface area contributed by atoms with Gasteiger partial charge >= 0.3 is 5.63 Å². The fourth-order valence-electron chi connectivity index (χ4n) is 1.93. The molecule has 7 heteroatoms. The number of amides is 1. The Balaban J connectivity index is 1.98. The van der Waals surface area contributed by atoms with Gasteiger partial charge in [0.05, 0.1) is 0 Å². The lowest BCUT2D eigenvalue weighted by Gasteiger charge is -2.02. The number of anilines is 1. The average Bonchev–Trinajstić information content (AvgIpc) is 2.93. The molecule has 0 spiro atoms. The van der Waals surface area contributed by atoms with Crippen molar-refractivity contribution in [1.29, 1.82) is 0 Å². The predicted octanol–water partition coefficient (Wildman–Crippen LogP) is 1.99. The predicted molar refractivity (Wildman–Crippen MR) is 74.1 cm³/mol. The molecule has 1 amide bonds. The van der Waals surface area contributed by atoms with Crippen molar-refractivity contribution in [3.63, 3.8) is 0 Å². The molecule has 0 fully saturated rings. The first-order valence-corrected chi connectivity index (χ1v) is 6.34. The fraction of sp³-hybridized carbons (Fsp3) is 0.143. The maximum Gasteiger partial charge on any atom is 0.349 e. The minimum Gasteiger partial charge on any atom is -0.422 e. The first-order chi connectivity index (χ1) is 10.2. The van der Waals surface area contributed by atoms with Crippen molar-refractivity contribution >= 4 is 22.7 Å². The number of aryl methyl sites for hydroxylation is 1. The van der Waals surface area contributed by atoms with Crippen molar-refractivity contribution in [2.75, 3.05) is 5.32 Å². The zero-order chi connectivity index (χ0) is 14.8. The third-order valence-electron chi connectivity index (χ3n) is 3.01. The Morgan fingerprint density at radius 3 is 2.90 bits per heavy atom. The van der Waals surface area contributed by atoms with Crippen LogP contribution in [-0.4, -0.2) is 16.2 Å². The van der Waals surface area contributed by atoms with Crippen LogP contribution in [-0.2, 0) is 6.42 Å². The highest BCUT2D eigenvalue weighted by atomic mass is 16.6. The molecule has 0 atom stereocenters. The van der Waals surface area contributed by atoms with Crippen LogP contribution in [0.15, 0.2) is 44.2 Å². The van der Waals surface area contributed by atoms with E-state index in [0.717, 1.165) is 0 Å². The molecule has 0 bridgehead atoms. The Kier molecular flexibility index (Phi) is 3.23. The van der Waals surface area contributed by atoms with Gasteiger partial charge in [0.1, 0.15) is 16.8 Å². The largest absolute Gasteiger partial charge is 0.422 e. The van der Waals surface area contributed by atoms with Crippen LogP contribution in [0.25, 0.3) is 11.0 Å². The number of benzene rings is 1. The molecule has 3 aromatic rings. The molecule has 0 aliphatic heterocycles. The molecule has 21 heavy (non-hydrogen) atoms. The van der Waals surface area contributed by atoms with E-state index in [2.05, 4.69) is 20.3 Å². The van der Waals surface area contributed by atoms with E-state index in [-0.39, 0.29) is 11.4 Å². The van der Waals surface area contributed by atoms with Crippen molar-refractivity contribution in [3.05, 3.63) is 52.0 Å². The Morgan fingerprint density at radius 2 is 2.10 bits per heavy atom. The number of aromatic nitrogens is 2. The second-order valence-corrected chi connectivity index (χ2v) is 4.35. The minimum atomic E-state index is -0.708. The molecule has 0 radical (unpaired) electrons. The third kappa shape index (κ3) is 2.40. The lowest BCUT2D eigenvalue weighted by Crippen LogP contribution is -2.21. The van der Waals surface area contributed by atoms with Crippen LogP contribution in [0.4, 0.5) is 5.82 Å². The normalized spacial score (nSPS) is 10.7. The molecule has 0 unspecified atom stereocenters. The zero-order valence-electron chi connectivity index (χ0n) is 11.1. The Bertz CT molecular complexity index is 866. The van der Waals surface area contributed by atoms with Crippen LogP contribution < -0.4 is 10.9 Å². The summed E-state index contributed by atoms with van der Waals surface area (Å²) in [5.41, 5.74) is 0.129. The molecule has 0 aliphatic carbocycles. The summed E-state index contributed by atoms with van der Waals surface area (Å²) < 4.78 is 9.67. The molecule has 3 rings (SSSR count). The van der Waals surface area contributed by atoms with Gasteiger partial charge in [0.15, 0.2) is 0 Å². The van der Waals surface area contributed by atoms with E-state index in [1.165, 1.54) is 6.07 Å². The molecule has 2 aromatic heterocycles. The molecule has 7 nitrogen and oxygen atoms in total. The third-order valence-corrected chi connectivity index (χ3v) is 3.01. The Morgan fingerprint density at radius 1 is 1.29 bits per heavy atom. The van der Waals surface area contributed by atoms with Crippen LogP contribution >= 0.6 is 0 Å². The number of hydrogen-bond donors (Lipinski definition) is 1. The summed E-state index contributed by atoms with van der Waals surface area (Å²) in [5.74, 6) is -0.407. The van der Waals surface area contributed by atoms with Gasteiger partial charge in [0.25, 0.3) is 5.91 Å². The summed E-state index contributed by atoms with van der Waals surface area (Å²) in [6.45, 7) is 1.85. The second kappa shape index (κ2) is 5.20. The van der Waals surface area contributed by atoms with Crippen LogP contribution in [0, 0.1) is 0 Å². The second-order valence-electron chi connectivity index (χ2n) is 4.35. The minimum absolute atomic E-state index is 0.0984. The summed E-state index contributed by atoms with van der Waals surface area (Å²) in [7, 11) is 0. The van der Waals surface area contributed by atoms with Crippen molar-refractivity contribution in [2.45, 2.75) is 13.3 Å². The van der Waals surface area contributed by atoms with Gasteiger partial charge in [-0.1, -0.05) is 30.3 Å². The van der Waals surface area contributed by atoms with E-state index >= 15 is 0 Å². The smallest absolute Gasteiger partial charge is 0.349 e. The number of rotatable bonds is 3. The Labute approximate surface area is 118 Å². The average molecular weight is 285 g/mol. The van der Waals surface area contributed by atoms with Gasteiger partial charge in [-0.2, -0.15) is 0 Å². The molecule has 106 valence electrons. The lowest BCUT2D eigenvalue weighted by atomic mass is 10.2. The van der Waals surface area contributed by atoms with Gasteiger partial charge in [-0.3, -0.25) is 4.79 Å². The van der Waals surface area contributed by atoms with Crippen molar-refractivity contribution < 1.29 is 13.8 Å². The van der Waals surface area contributed by atoms with Gasteiger partial charge in [0, 0.05) is 5.39 Å². The maximum absolute atomic E-state index is 12.2. The molecular formula is C14H11N3O4. The van der Waals surface area contributed by atoms with E-state index in [1.54, 1.807) is 24.3 Å². The van der Waals surface area contributed by atoms with E-state index in [1.807, 2.05) is 6.92 Å². The van der Waals surface area contributed by atoms with Crippen molar-refractivity contribution in [3.8, 4) is 0 Å². The highest BCUT2D eigenvalue weighted by Crippen LogP contribution is 2.15. The van der Waals surface area contributed by atoms with Crippen molar-refractivity contribution in [2.24, 2.45) is 0 Å². The molecule has 2 heterocycles. The van der Waals surface area contributed by atoms with Gasteiger partial charge in [-0.05, 0) is 23.7 Å². The summed E-state index contributed by atoms with van der Waals surface area (Å²) >= 11 is 0. The monoisotopic (exact) mass is 285 g/mol. The van der Waals surface area contributed by atoms with Gasteiger partial charge in [-0.15, -0.1) is 0 Å². The molecular weight excluding hydrogens is 274 g/mol. The van der Waals surface area contributed by atoms with Crippen LogP contribution in [0.5, 0.6) is 0 Å². The summed E-state index contributed by atoms with van der Waals surface area (Å²) in [6.07, 6.45) is 0.547. The maximum atomic E-state index is 12.2. The molecule has 0 saturated heterocycles. The number of carbonyl (C=O) groups is 1. The number of para-hydroxylation sites is 1. The first-order valence-electron chi connectivity index (χ1n) is 6.34. The number of fused-ring (bicyclic) bond motifs is 1. The molecule has 0 aliphatic rings. The standard InChI is InChI=1S/C14H11N3O4/c1-2-10-12(17-21-16-10)15-13(18)9-7-8-5-3-4-6-11(8)20-14(9)19/h3-7H,2H2,1H3,(H,15,17,18). The number of nitrogens with one attached hydrogen (secondary N) is 1. The fourth-order valence-corrected chi connectivity index (χ4v) is 1.93. The van der Waals surface area contributed by atoms with Gasteiger partial charge in [-0.25, -0.2) is 9.42 Å². The van der Waals surface area contributed by atoms with Crippen LogP contribution in [0.3, 0.4) is 0 Å². The quantitative estimate of drug-likeness (QED) is 0.739. The Hall–Kier alpha value is -2.96. The van der Waals surface area contributed by atoms with E-state index < -0.39 is 11.5 Å². The lowest BCUT2D eigenvalue weighted by molar-refractivity contribution is 0.102. The van der Waals surface area contributed by atoms with Crippen LogP contribution in [0.2, 0.25) is 0 Å². The highest BCUT2D eigenvalue weighted by molar-refractivity contribution is 6.05. The molecule has 0 saturated carbocycles. The summed E-state index contributed by atoms with van der Waals surface area (Å²) in [6, 6.07) is 8.44. The van der Waals surface area contributed by atoms with Gasteiger partial charge < -0.3 is 9.73 Å². The van der Waals surface area contributed by atoms with E-state index in [9.17, 15) is 9.59 Å². The number of nitrogens with zero attached hydrogens (tertiary/aromatic N) is 2. The SMILES string of the molecule is CCc1nonc1NC(=O)c1cc2ccccc2oc1=O. The molecule has 1 aromatic carbocycles. The van der Waals surface area contributed by atoms with Crippen molar-refractivity contribution in [1.82, 2.24) is 10.3 Å². The van der Waals surface area contributed by atoms with E-state index in [4.69, 9.17) is 4.42 Å². The first kappa shape index (κ1) is 13.0. The zero-order valence-corrected chi connectivity index (χ0v) is 11.1. The number of hydrogen-bond acceptors (Lipinski definition) is 6.